The third-order valence-corrected chi connectivity index (χ3v) is 5.17. The fourth-order valence-electron chi connectivity index (χ4n) is 3.07. The Morgan fingerprint density at radius 2 is 1.83 bits per heavy atom. The Morgan fingerprint density at radius 1 is 1.21 bits per heavy atom. The standard InChI is InChI=1S/C18H32BNO4/c1-16(2,3)23-15(21)20-13-8-9-14(20)11-12(10-13)19-24-18(6,7)17(4,5)22/h10,13-14,19,22H,8-9,11H2,1-7H3. The molecule has 2 atom stereocenters. The van der Waals surface area contributed by atoms with Gasteiger partial charge in [-0.25, -0.2) is 4.79 Å². The van der Waals surface area contributed by atoms with Gasteiger partial charge in [0, 0.05) is 6.04 Å². The molecule has 1 saturated heterocycles. The molecule has 0 spiro atoms. The van der Waals surface area contributed by atoms with E-state index in [1.54, 1.807) is 13.8 Å². The average molecular weight is 337 g/mol. The van der Waals surface area contributed by atoms with Gasteiger partial charge in [-0.1, -0.05) is 11.5 Å². The van der Waals surface area contributed by atoms with E-state index in [-0.39, 0.29) is 18.2 Å². The Hall–Kier alpha value is -1.01. The molecule has 136 valence electrons. The molecular formula is C18H32BNO4. The Bertz CT molecular complexity index is 516. The molecule has 2 heterocycles. The Morgan fingerprint density at radius 3 is 2.33 bits per heavy atom. The van der Waals surface area contributed by atoms with Crippen LogP contribution in [0.5, 0.6) is 0 Å². The first-order chi connectivity index (χ1) is 10.8. The van der Waals surface area contributed by atoms with Crippen molar-refractivity contribution >= 4 is 13.6 Å². The molecule has 1 amide bonds. The number of aliphatic hydroxyl groups is 1. The maximum atomic E-state index is 12.4. The molecule has 0 aromatic heterocycles. The van der Waals surface area contributed by atoms with E-state index in [4.69, 9.17) is 9.39 Å². The zero-order chi connectivity index (χ0) is 18.3. The number of ether oxygens (including phenoxy) is 1. The highest BCUT2D eigenvalue weighted by Crippen LogP contribution is 2.36. The van der Waals surface area contributed by atoms with Crippen LogP contribution in [0.25, 0.3) is 0 Å². The lowest BCUT2D eigenvalue weighted by Gasteiger charge is -2.39. The minimum absolute atomic E-state index is 0.0995. The molecule has 2 unspecified atom stereocenters. The van der Waals surface area contributed by atoms with E-state index in [0.717, 1.165) is 19.3 Å². The van der Waals surface area contributed by atoms with Crippen LogP contribution >= 0.6 is 0 Å². The molecule has 0 saturated carbocycles. The molecule has 5 nitrogen and oxygen atoms in total. The SMILES string of the molecule is CC(C)(C)OC(=O)N1C2C=C(BOC(C)(C)C(C)(C)O)CC1CC2. The van der Waals surface area contributed by atoms with Gasteiger partial charge in [-0.15, -0.1) is 0 Å². The number of amides is 1. The Kier molecular flexibility index (Phi) is 5.13. The van der Waals surface area contributed by atoms with Crippen LogP contribution < -0.4 is 0 Å². The summed E-state index contributed by atoms with van der Waals surface area (Å²) >= 11 is 0. The summed E-state index contributed by atoms with van der Waals surface area (Å²) in [4.78, 5) is 14.3. The van der Waals surface area contributed by atoms with Crippen LogP contribution in [0, 0.1) is 0 Å². The summed E-state index contributed by atoms with van der Waals surface area (Å²) < 4.78 is 11.5. The van der Waals surface area contributed by atoms with Crippen molar-refractivity contribution in [1.29, 1.82) is 0 Å². The van der Waals surface area contributed by atoms with Gasteiger partial charge in [0.25, 0.3) is 0 Å². The van der Waals surface area contributed by atoms with Gasteiger partial charge >= 0.3 is 13.6 Å². The number of carbonyl (C=O) groups is 1. The number of hydrogen-bond acceptors (Lipinski definition) is 4. The van der Waals surface area contributed by atoms with Gasteiger partial charge in [0.2, 0.25) is 0 Å². The maximum absolute atomic E-state index is 12.4. The van der Waals surface area contributed by atoms with E-state index >= 15 is 0 Å². The lowest BCUT2D eigenvalue weighted by Crippen LogP contribution is -2.49. The molecule has 24 heavy (non-hydrogen) atoms. The summed E-state index contributed by atoms with van der Waals surface area (Å²) in [5, 5.41) is 10.2. The summed E-state index contributed by atoms with van der Waals surface area (Å²) in [6, 6.07) is 0.293. The predicted molar refractivity (Wildman–Crippen MR) is 96.2 cm³/mol. The number of hydrogen-bond donors (Lipinski definition) is 1. The summed E-state index contributed by atoms with van der Waals surface area (Å²) in [5.74, 6) is 0. The van der Waals surface area contributed by atoms with Crippen LogP contribution in [0.15, 0.2) is 11.5 Å². The van der Waals surface area contributed by atoms with Gasteiger partial charge in [-0.3, -0.25) is 4.90 Å². The molecule has 2 aliphatic heterocycles. The van der Waals surface area contributed by atoms with Crippen molar-refractivity contribution in [3.63, 3.8) is 0 Å². The lowest BCUT2D eigenvalue weighted by molar-refractivity contribution is -0.0898. The molecule has 2 aliphatic rings. The van der Waals surface area contributed by atoms with E-state index in [1.165, 1.54) is 5.47 Å². The van der Waals surface area contributed by atoms with E-state index in [9.17, 15) is 9.90 Å². The number of fused-ring (bicyclic) bond motifs is 2. The first kappa shape index (κ1) is 19.3. The molecule has 0 radical (unpaired) electrons. The quantitative estimate of drug-likeness (QED) is 0.802. The third-order valence-electron chi connectivity index (χ3n) is 5.17. The normalized spacial score (nSPS) is 24.7. The minimum atomic E-state index is -0.913. The smallest absolute Gasteiger partial charge is 0.411 e. The van der Waals surface area contributed by atoms with E-state index < -0.39 is 16.8 Å². The first-order valence-corrected chi connectivity index (χ1v) is 8.87. The van der Waals surface area contributed by atoms with Crippen molar-refractivity contribution < 1.29 is 19.3 Å². The van der Waals surface area contributed by atoms with Crippen molar-refractivity contribution in [3.05, 3.63) is 11.5 Å². The molecule has 2 bridgehead atoms. The first-order valence-electron chi connectivity index (χ1n) is 8.87. The second-order valence-corrected chi connectivity index (χ2v) is 9.07. The summed E-state index contributed by atoms with van der Waals surface area (Å²) in [6.07, 6.45) is 4.72. The zero-order valence-electron chi connectivity index (χ0n) is 16.2. The summed E-state index contributed by atoms with van der Waals surface area (Å²) in [7, 11) is 0.492. The van der Waals surface area contributed by atoms with E-state index in [2.05, 4.69) is 6.08 Å². The van der Waals surface area contributed by atoms with Crippen LogP contribution in [-0.2, 0) is 9.39 Å². The van der Waals surface area contributed by atoms with E-state index in [1.807, 2.05) is 39.5 Å². The topological polar surface area (TPSA) is 59.0 Å². The van der Waals surface area contributed by atoms with Crippen LogP contribution in [0.2, 0.25) is 0 Å². The number of rotatable bonds is 4. The van der Waals surface area contributed by atoms with Crippen molar-refractivity contribution in [1.82, 2.24) is 4.90 Å². The van der Waals surface area contributed by atoms with Crippen LogP contribution in [0.1, 0.15) is 67.7 Å². The zero-order valence-corrected chi connectivity index (χ0v) is 16.2. The fraction of sp³-hybridized carbons (Fsp3) is 0.833. The lowest BCUT2D eigenvalue weighted by atomic mass is 9.78. The second-order valence-electron chi connectivity index (χ2n) is 9.07. The molecule has 0 aromatic rings. The summed E-state index contributed by atoms with van der Waals surface area (Å²) in [5.41, 5.74) is -0.807. The van der Waals surface area contributed by atoms with Gasteiger partial charge in [0.15, 0.2) is 0 Å². The number of nitrogens with zero attached hydrogens (tertiary/aromatic N) is 1. The van der Waals surface area contributed by atoms with Crippen LogP contribution in [0.4, 0.5) is 4.79 Å². The van der Waals surface area contributed by atoms with E-state index in [0.29, 0.717) is 7.48 Å². The third kappa shape index (κ3) is 4.34. The van der Waals surface area contributed by atoms with Crippen molar-refractivity contribution in [2.75, 3.05) is 0 Å². The highest BCUT2D eigenvalue weighted by molar-refractivity contribution is 6.38. The average Bonchev–Trinajstić information content (AvgIpc) is 2.65. The van der Waals surface area contributed by atoms with Crippen molar-refractivity contribution in [3.8, 4) is 0 Å². The van der Waals surface area contributed by atoms with Gasteiger partial charge in [-0.2, -0.15) is 0 Å². The van der Waals surface area contributed by atoms with Gasteiger partial charge < -0.3 is 14.5 Å². The van der Waals surface area contributed by atoms with Gasteiger partial charge in [0.05, 0.1) is 17.2 Å². The monoisotopic (exact) mass is 337 g/mol. The van der Waals surface area contributed by atoms with Crippen molar-refractivity contribution in [2.45, 2.75) is 96.6 Å². The Balaban J connectivity index is 2.01. The highest BCUT2D eigenvalue weighted by atomic mass is 16.6. The number of carbonyl (C=O) groups excluding carboxylic acids is 1. The second kappa shape index (κ2) is 6.38. The van der Waals surface area contributed by atoms with Gasteiger partial charge in [0.1, 0.15) is 5.60 Å². The highest BCUT2D eigenvalue weighted by Gasteiger charge is 2.42. The molecule has 0 aliphatic carbocycles. The molecular weight excluding hydrogens is 305 g/mol. The van der Waals surface area contributed by atoms with Crippen LogP contribution in [0.3, 0.4) is 0 Å². The molecule has 0 aromatic carbocycles. The minimum Gasteiger partial charge on any atom is -0.444 e. The molecule has 1 N–H and O–H groups in total. The maximum Gasteiger partial charge on any atom is 0.411 e. The molecule has 6 heteroatoms. The Labute approximate surface area is 146 Å². The van der Waals surface area contributed by atoms with Crippen molar-refractivity contribution in [2.24, 2.45) is 0 Å². The van der Waals surface area contributed by atoms with Crippen LogP contribution in [-0.4, -0.2) is 52.5 Å². The largest absolute Gasteiger partial charge is 0.444 e. The van der Waals surface area contributed by atoms with Gasteiger partial charge in [-0.05, 0) is 67.7 Å². The molecule has 1 fully saturated rings. The fourth-order valence-corrected chi connectivity index (χ4v) is 3.07. The molecule has 2 rings (SSSR count). The summed E-state index contributed by atoms with van der Waals surface area (Å²) in [6.45, 7) is 13.0. The predicted octanol–water partition coefficient (Wildman–Crippen LogP) is 2.96.